The van der Waals surface area contributed by atoms with Gasteiger partial charge in [0.1, 0.15) is 29.0 Å². The largest absolute Gasteiger partial charge is 0.493 e. The Hall–Kier alpha value is -2.16. The van der Waals surface area contributed by atoms with Gasteiger partial charge < -0.3 is 55.0 Å². The maximum Gasteiger partial charge on any atom is 0.410 e. The number of nitrogens with one attached hydrogen (secondary N) is 1. The Balaban J connectivity index is 1.87. The minimum atomic E-state index is -1.63. The molecule has 3 rings (SSSR count). The molecule has 1 saturated carbocycles. The average molecular weight is 630 g/mol. The number of likely N-dealkylation sites (N-methyl/N-ethyl adjacent to an activating group) is 1. The van der Waals surface area contributed by atoms with Crippen LogP contribution in [0.25, 0.3) is 0 Å². The number of amides is 2. The Morgan fingerprint density at radius 3 is 2.32 bits per heavy atom. The van der Waals surface area contributed by atoms with Gasteiger partial charge >= 0.3 is 12.2 Å². The van der Waals surface area contributed by atoms with Gasteiger partial charge in [0, 0.05) is 31.5 Å². The molecule has 2 heterocycles. The van der Waals surface area contributed by atoms with Gasteiger partial charge in [-0.2, -0.15) is 0 Å². The summed E-state index contributed by atoms with van der Waals surface area (Å²) >= 11 is 0. The molecule has 0 spiro atoms. The van der Waals surface area contributed by atoms with E-state index in [-0.39, 0.29) is 12.5 Å². The van der Waals surface area contributed by atoms with Gasteiger partial charge in [0.15, 0.2) is 6.29 Å². The first-order valence-corrected chi connectivity index (χ1v) is 15.6. The number of nitrogens with two attached hydrogens (primary N) is 1. The van der Waals surface area contributed by atoms with Crippen LogP contribution in [0.15, 0.2) is 11.8 Å². The fourth-order valence-electron chi connectivity index (χ4n) is 6.36. The van der Waals surface area contributed by atoms with E-state index >= 15 is 0 Å². The second kappa shape index (κ2) is 13.7. The number of alkyl carbamates (subject to hydrolysis) is 1. The van der Waals surface area contributed by atoms with Crippen LogP contribution in [0.4, 0.5) is 9.59 Å². The Kier molecular flexibility index (Phi) is 11.3. The minimum absolute atomic E-state index is 0.253. The molecular weight excluding hydrogens is 574 g/mol. The van der Waals surface area contributed by atoms with Crippen molar-refractivity contribution >= 4 is 12.2 Å². The first-order valence-electron chi connectivity index (χ1n) is 15.6. The smallest absolute Gasteiger partial charge is 0.410 e. The van der Waals surface area contributed by atoms with Crippen LogP contribution in [0.2, 0.25) is 0 Å². The highest BCUT2D eigenvalue weighted by Gasteiger charge is 2.55. The van der Waals surface area contributed by atoms with Crippen molar-refractivity contribution in [2.45, 2.75) is 147 Å². The molecule has 11 atom stereocenters. The van der Waals surface area contributed by atoms with Crippen molar-refractivity contribution in [2.75, 3.05) is 13.7 Å². The van der Waals surface area contributed by atoms with Crippen LogP contribution < -0.4 is 11.1 Å². The Labute approximate surface area is 261 Å². The monoisotopic (exact) mass is 629 g/mol. The minimum Gasteiger partial charge on any atom is -0.493 e. The molecule has 13 nitrogen and oxygen atoms in total. The summed E-state index contributed by atoms with van der Waals surface area (Å²) in [5.74, 6) is -0.280. The molecule has 0 aromatic heterocycles. The third-order valence-electron chi connectivity index (χ3n) is 8.31. The molecular formula is C31H55N3O10. The summed E-state index contributed by atoms with van der Waals surface area (Å²) in [7, 11) is 1.43. The van der Waals surface area contributed by atoms with E-state index in [2.05, 4.69) is 5.32 Å². The van der Waals surface area contributed by atoms with Crippen LogP contribution in [0, 0.1) is 11.8 Å². The number of hydrogen-bond donors (Lipinski definition) is 5. The number of allylic oxidation sites excluding steroid dienone is 1. The molecule has 2 fully saturated rings. The zero-order valence-corrected chi connectivity index (χ0v) is 27.9. The number of hydrogen-bond acceptors (Lipinski definition) is 11. The number of rotatable bonds is 6. The third-order valence-corrected chi connectivity index (χ3v) is 8.31. The molecule has 1 aliphatic carbocycles. The van der Waals surface area contributed by atoms with Gasteiger partial charge in [-0.25, -0.2) is 9.59 Å². The quantitative estimate of drug-likeness (QED) is 0.291. The molecule has 3 aliphatic rings. The lowest BCUT2D eigenvalue weighted by Gasteiger charge is -2.51. The molecule has 0 radical (unpaired) electrons. The summed E-state index contributed by atoms with van der Waals surface area (Å²) in [6.07, 6.45) is -3.37. The van der Waals surface area contributed by atoms with Gasteiger partial charge in [-0.05, 0) is 73.3 Å². The molecule has 254 valence electrons. The van der Waals surface area contributed by atoms with Gasteiger partial charge in [0.2, 0.25) is 0 Å². The van der Waals surface area contributed by atoms with Crippen molar-refractivity contribution < 1.29 is 48.6 Å². The summed E-state index contributed by atoms with van der Waals surface area (Å²) in [6.45, 7) is 15.5. The van der Waals surface area contributed by atoms with Crippen LogP contribution in [0.1, 0.15) is 81.6 Å². The Morgan fingerprint density at radius 1 is 1.14 bits per heavy atom. The number of carbonyl (C=O) groups excluding carboxylic acids is 2. The molecule has 13 heteroatoms. The lowest BCUT2D eigenvalue weighted by molar-refractivity contribution is -0.308. The normalized spacial score (nSPS) is 38.2. The van der Waals surface area contributed by atoms with Gasteiger partial charge in [-0.15, -0.1) is 0 Å². The van der Waals surface area contributed by atoms with Crippen molar-refractivity contribution in [3.63, 3.8) is 0 Å². The molecule has 0 aromatic carbocycles. The summed E-state index contributed by atoms with van der Waals surface area (Å²) in [5, 5.41) is 37.4. The zero-order chi connectivity index (χ0) is 33.4. The van der Waals surface area contributed by atoms with E-state index in [1.807, 2.05) is 19.9 Å². The summed E-state index contributed by atoms with van der Waals surface area (Å²) in [6, 6.07) is -2.16. The lowest BCUT2D eigenvalue weighted by atomic mass is 9.70. The van der Waals surface area contributed by atoms with E-state index in [0.717, 1.165) is 10.7 Å². The van der Waals surface area contributed by atoms with Gasteiger partial charge in [-0.3, -0.25) is 0 Å². The van der Waals surface area contributed by atoms with Gasteiger partial charge in [0.25, 0.3) is 0 Å². The van der Waals surface area contributed by atoms with Crippen molar-refractivity contribution in [3.8, 4) is 0 Å². The Bertz CT molecular complexity index is 1040. The summed E-state index contributed by atoms with van der Waals surface area (Å²) in [5.41, 5.74) is 3.37. The van der Waals surface area contributed by atoms with Crippen molar-refractivity contribution in [1.82, 2.24) is 10.2 Å². The fourth-order valence-corrected chi connectivity index (χ4v) is 6.36. The molecule has 2 aliphatic heterocycles. The van der Waals surface area contributed by atoms with Crippen LogP contribution in [0.5, 0.6) is 0 Å². The third kappa shape index (κ3) is 8.76. The second-order valence-electron chi connectivity index (χ2n) is 14.7. The van der Waals surface area contributed by atoms with E-state index in [1.165, 1.54) is 14.0 Å². The van der Waals surface area contributed by atoms with E-state index < -0.39 is 83.7 Å². The zero-order valence-electron chi connectivity index (χ0n) is 27.9. The summed E-state index contributed by atoms with van der Waals surface area (Å²) in [4.78, 5) is 26.9. The van der Waals surface area contributed by atoms with Crippen molar-refractivity contribution in [3.05, 3.63) is 11.8 Å². The predicted octanol–water partition coefficient (Wildman–Crippen LogP) is 2.40. The van der Waals surface area contributed by atoms with Gasteiger partial charge in [0.05, 0.1) is 30.6 Å². The average Bonchev–Trinajstić information content (AvgIpc) is 2.86. The number of aliphatic hydroxyl groups is 3. The predicted molar refractivity (Wildman–Crippen MR) is 161 cm³/mol. The number of nitrogens with zero attached hydrogens (tertiary/aromatic N) is 1. The van der Waals surface area contributed by atoms with E-state index in [1.54, 1.807) is 41.5 Å². The van der Waals surface area contributed by atoms with E-state index in [4.69, 9.17) is 29.4 Å². The molecule has 0 aromatic rings. The first kappa shape index (κ1) is 36.3. The van der Waals surface area contributed by atoms with Crippen molar-refractivity contribution in [2.24, 2.45) is 17.6 Å². The van der Waals surface area contributed by atoms with E-state index in [0.29, 0.717) is 19.3 Å². The van der Waals surface area contributed by atoms with Gasteiger partial charge in [-0.1, -0.05) is 13.8 Å². The number of aliphatic hydroxyl groups excluding tert-OH is 2. The maximum atomic E-state index is 12.9. The van der Waals surface area contributed by atoms with E-state index in [9.17, 15) is 24.9 Å². The molecule has 2 amide bonds. The van der Waals surface area contributed by atoms with Crippen LogP contribution in [-0.4, -0.2) is 112 Å². The lowest BCUT2D eigenvalue weighted by Crippen LogP contribution is -2.68. The highest BCUT2D eigenvalue weighted by molar-refractivity contribution is 5.69. The Morgan fingerprint density at radius 2 is 1.75 bits per heavy atom. The second-order valence-corrected chi connectivity index (χ2v) is 14.7. The van der Waals surface area contributed by atoms with Crippen LogP contribution >= 0.6 is 0 Å². The molecule has 0 bridgehead atoms. The molecule has 6 N–H and O–H groups in total. The molecule has 11 unspecified atom stereocenters. The molecule has 44 heavy (non-hydrogen) atoms. The first-order chi connectivity index (χ1) is 20.1. The highest BCUT2D eigenvalue weighted by Crippen LogP contribution is 2.40. The van der Waals surface area contributed by atoms with Crippen LogP contribution in [0.3, 0.4) is 0 Å². The topological polar surface area (TPSA) is 182 Å². The number of carbonyl (C=O) groups is 2. The number of ether oxygens (including phenoxy) is 5. The standard InChI is InChI=1S/C31H55N3O10/c1-11-17-12-13-18(32)24(41-17)20-19(33-27(37)43-29(3,4)5)14-16(2)23(21(20)35)42-26-22(36)25(31(9,39)15-40-26)34(10)28(38)44-30(6,7)8/h12,16,18-26,35-36,39H,11,13-15,32H2,1-10H3,(H,33,37). The fraction of sp³-hybridized carbons (Fsp3) is 0.871. The highest BCUT2D eigenvalue weighted by atomic mass is 16.7. The summed E-state index contributed by atoms with van der Waals surface area (Å²) < 4.78 is 29.3. The maximum absolute atomic E-state index is 12.9. The molecule has 1 saturated heterocycles. The van der Waals surface area contributed by atoms with Crippen LogP contribution in [-0.2, 0) is 23.7 Å². The van der Waals surface area contributed by atoms with Crippen molar-refractivity contribution in [1.29, 1.82) is 0 Å². The SMILES string of the molecule is CCC1=CCC(N)C(C2C(NC(=O)OC(C)(C)C)CC(C)C(OC3OCC(C)(O)C(N(C)C(=O)OC(C)(C)C)C3O)C2O)O1.